The molecule has 2 unspecified atom stereocenters. The van der Waals surface area contributed by atoms with Gasteiger partial charge >= 0.3 is 5.97 Å². The van der Waals surface area contributed by atoms with Crippen LogP contribution < -0.4 is 5.11 Å². The molecule has 0 aliphatic carbocycles. The van der Waals surface area contributed by atoms with Crippen LogP contribution in [-0.2, 0) is 29.2 Å². The summed E-state index contributed by atoms with van der Waals surface area (Å²) in [7, 11) is -5.12. The molecule has 8 nitrogen and oxygen atoms in total. The largest absolute Gasteiger partial charge is 0.747 e. The van der Waals surface area contributed by atoms with E-state index in [4.69, 9.17) is 4.74 Å². The molecule has 0 rings (SSSR count). The average Bonchev–Trinajstić information content (AvgIpc) is 2.46. The Hall–Kier alpha value is -1.19. The summed E-state index contributed by atoms with van der Waals surface area (Å²) in [6.45, 7) is 4.44. The molecule has 0 aromatic carbocycles. The van der Waals surface area contributed by atoms with E-state index in [0.717, 1.165) is 25.7 Å². The zero-order valence-corrected chi connectivity index (χ0v) is 14.3. The number of hydrogen-bond acceptors (Lipinski definition) is 8. The first-order chi connectivity index (χ1) is 10.7. The summed E-state index contributed by atoms with van der Waals surface area (Å²) in [4.78, 5) is 21.9. The highest BCUT2D eigenvalue weighted by Crippen LogP contribution is 2.12. The molecule has 2 atom stereocenters. The Morgan fingerprint density at radius 2 is 1.83 bits per heavy atom. The fourth-order valence-corrected chi connectivity index (χ4v) is 2.54. The van der Waals surface area contributed by atoms with Crippen molar-refractivity contribution in [3.05, 3.63) is 0 Å². The van der Waals surface area contributed by atoms with E-state index in [1.807, 2.05) is 6.92 Å². The summed E-state index contributed by atoms with van der Waals surface area (Å²) in [5.41, 5.74) is 0. The highest BCUT2D eigenvalue weighted by molar-refractivity contribution is 7.87. The zero-order valence-electron chi connectivity index (χ0n) is 13.5. The lowest BCUT2D eigenvalue weighted by molar-refractivity contribution is -0.305. The monoisotopic (exact) mass is 352 g/mol. The Labute approximate surface area is 136 Å². The molecule has 0 radical (unpaired) electrons. The third kappa shape index (κ3) is 10.2. The van der Waals surface area contributed by atoms with Gasteiger partial charge in [-0.2, -0.15) is 0 Å². The average molecular weight is 352 g/mol. The molecule has 0 aliphatic rings. The van der Waals surface area contributed by atoms with E-state index in [1.165, 1.54) is 0 Å². The van der Waals surface area contributed by atoms with Gasteiger partial charge in [0.15, 0.2) is 5.25 Å². The number of unbranched alkanes of at least 4 members (excludes halogenated alkanes) is 1. The number of carboxylic acids is 1. The van der Waals surface area contributed by atoms with Crippen LogP contribution in [-0.4, -0.2) is 50.0 Å². The number of carboxylic acid groups (broad SMARTS) is 1. The molecule has 0 fully saturated rings. The second kappa shape index (κ2) is 11.4. The first-order valence-electron chi connectivity index (χ1n) is 7.61. The van der Waals surface area contributed by atoms with Gasteiger partial charge < -0.3 is 23.9 Å². The minimum Gasteiger partial charge on any atom is -0.747 e. The van der Waals surface area contributed by atoms with Gasteiger partial charge in [0.2, 0.25) is 0 Å². The SMILES string of the molecule is CCCCC(CC)COCCOC(=O)C(CC(=O)[O-])S(=O)(=O)[O-]. The molecule has 0 saturated heterocycles. The maximum Gasteiger partial charge on any atom is 0.323 e. The number of carbonyl (C=O) groups is 2. The van der Waals surface area contributed by atoms with Gasteiger partial charge in [-0.3, -0.25) is 4.79 Å². The maximum atomic E-state index is 11.5. The Morgan fingerprint density at radius 1 is 1.17 bits per heavy atom. The lowest BCUT2D eigenvalue weighted by atomic mass is 10.0. The molecule has 0 aliphatic heterocycles. The predicted molar refractivity (Wildman–Crippen MR) is 78.2 cm³/mol. The van der Waals surface area contributed by atoms with E-state index in [-0.39, 0.29) is 13.2 Å². The number of aliphatic carboxylic acids is 1. The van der Waals surface area contributed by atoms with E-state index in [9.17, 15) is 27.7 Å². The van der Waals surface area contributed by atoms with Crippen molar-refractivity contribution in [1.82, 2.24) is 0 Å². The van der Waals surface area contributed by atoms with E-state index in [0.29, 0.717) is 12.5 Å². The van der Waals surface area contributed by atoms with Crippen molar-refractivity contribution in [2.24, 2.45) is 5.92 Å². The Kier molecular flexibility index (Phi) is 10.8. The van der Waals surface area contributed by atoms with E-state index in [2.05, 4.69) is 11.7 Å². The summed E-state index contributed by atoms with van der Waals surface area (Å²) in [6.07, 6.45) is 2.97. The van der Waals surface area contributed by atoms with Crippen LogP contribution in [0.5, 0.6) is 0 Å². The smallest absolute Gasteiger partial charge is 0.323 e. The normalized spacial score (nSPS) is 14.2. The fraction of sp³-hybridized carbons (Fsp3) is 0.857. The molecular weight excluding hydrogens is 328 g/mol. The van der Waals surface area contributed by atoms with Crippen LogP contribution in [0, 0.1) is 5.92 Å². The van der Waals surface area contributed by atoms with Crippen LogP contribution in [0.25, 0.3) is 0 Å². The predicted octanol–water partition coefficient (Wildman–Crippen LogP) is -0.184. The van der Waals surface area contributed by atoms with Crippen molar-refractivity contribution >= 4 is 22.1 Å². The Bertz CT molecular complexity index is 459. The lowest BCUT2D eigenvalue weighted by Crippen LogP contribution is -2.38. The summed E-state index contributed by atoms with van der Waals surface area (Å²) >= 11 is 0. The molecule has 0 spiro atoms. The summed E-state index contributed by atoms with van der Waals surface area (Å²) < 4.78 is 42.5. The van der Waals surface area contributed by atoms with Gasteiger partial charge in [0.25, 0.3) is 0 Å². The van der Waals surface area contributed by atoms with Gasteiger partial charge in [0, 0.05) is 19.0 Å². The molecule has 9 heteroatoms. The highest BCUT2D eigenvalue weighted by Gasteiger charge is 2.27. The molecule has 0 N–H and O–H groups in total. The molecule has 0 amide bonds. The topological polar surface area (TPSA) is 133 Å². The molecule has 0 saturated carbocycles. The maximum absolute atomic E-state index is 11.5. The third-order valence-corrected chi connectivity index (χ3v) is 4.39. The molecule has 0 bridgehead atoms. The van der Waals surface area contributed by atoms with E-state index >= 15 is 0 Å². The van der Waals surface area contributed by atoms with E-state index < -0.39 is 33.7 Å². The van der Waals surface area contributed by atoms with Crippen molar-refractivity contribution in [3.63, 3.8) is 0 Å². The first-order valence-corrected chi connectivity index (χ1v) is 9.08. The number of ether oxygens (including phenoxy) is 2. The van der Waals surface area contributed by atoms with Crippen LogP contribution >= 0.6 is 0 Å². The highest BCUT2D eigenvalue weighted by atomic mass is 32.2. The molecule has 0 aromatic rings. The number of rotatable bonds is 13. The second-order valence-corrected chi connectivity index (χ2v) is 6.77. The standard InChI is InChI=1S/C14H26O8S/c1-3-5-6-11(4-2)10-21-7-8-22-14(17)12(9-13(15)16)23(18,19)20/h11-12H,3-10H2,1-2H3,(H,15,16)(H,18,19,20)/p-2. The number of carbonyl (C=O) groups excluding carboxylic acids is 2. The van der Waals surface area contributed by atoms with Crippen LogP contribution in [0.2, 0.25) is 0 Å². The number of hydrogen-bond donors (Lipinski definition) is 0. The van der Waals surface area contributed by atoms with Gasteiger partial charge in [0.05, 0.1) is 6.61 Å². The number of esters is 1. The van der Waals surface area contributed by atoms with Crippen LogP contribution in [0.1, 0.15) is 46.0 Å². The van der Waals surface area contributed by atoms with Crippen molar-refractivity contribution < 1.29 is 37.1 Å². The van der Waals surface area contributed by atoms with Gasteiger partial charge in [0.1, 0.15) is 16.7 Å². The Balaban J connectivity index is 4.15. The van der Waals surface area contributed by atoms with Gasteiger partial charge in [-0.05, 0) is 12.3 Å². The van der Waals surface area contributed by atoms with Gasteiger partial charge in [-0.1, -0.05) is 33.1 Å². The molecule has 0 aromatic heterocycles. The third-order valence-electron chi connectivity index (χ3n) is 3.33. The zero-order chi connectivity index (χ0) is 17.9. The second-order valence-electron chi connectivity index (χ2n) is 5.22. The van der Waals surface area contributed by atoms with Crippen LogP contribution in [0.4, 0.5) is 0 Å². The van der Waals surface area contributed by atoms with Crippen molar-refractivity contribution in [1.29, 1.82) is 0 Å². The van der Waals surface area contributed by atoms with Crippen LogP contribution in [0.3, 0.4) is 0 Å². The van der Waals surface area contributed by atoms with E-state index in [1.54, 1.807) is 0 Å². The quantitative estimate of drug-likeness (QED) is 0.253. The summed E-state index contributed by atoms with van der Waals surface area (Å²) in [6, 6.07) is 0. The molecule has 0 heterocycles. The van der Waals surface area contributed by atoms with Crippen LogP contribution in [0.15, 0.2) is 0 Å². The minimum absolute atomic E-state index is 0.0469. The fourth-order valence-electron chi connectivity index (χ4n) is 1.90. The van der Waals surface area contributed by atoms with Gasteiger partial charge in [-0.15, -0.1) is 0 Å². The molecular formula is C14H24O8S-2. The Morgan fingerprint density at radius 3 is 2.30 bits per heavy atom. The molecule has 23 heavy (non-hydrogen) atoms. The first kappa shape index (κ1) is 21.8. The summed E-state index contributed by atoms with van der Waals surface area (Å²) in [5.74, 6) is -2.81. The lowest BCUT2D eigenvalue weighted by Gasteiger charge is -2.19. The van der Waals surface area contributed by atoms with Crippen molar-refractivity contribution in [2.45, 2.75) is 51.2 Å². The minimum atomic E-state index is -5.12. The van der Waals surface area contributed by atoms with Crippen molar-refractivity contribution in [2.75, 3.05) is 19.8 Å². The van der Waals surface area contributed by atoms with Gasteiger partial charge in [-0.25, -0.2) is 8.42 Å². The van der Waals surface area contributed by atoms with Crippen molar-refractivity contribution in [3.8, 4) is 0 Å². The summed E-state index contributed by atoms with van der Waals surface area (Å²) in [5, 5.41) is 8.09. The molecule has 136 valence electrons.